The van der Waals surface area contributed by atoms with Gasteiger partial charge in [-0.3, -0.25) is 14.7 Å². The van der Waals surface area contributed by atoms with Crippen LogP contribution in [0.25, 0.3) is 10.9 Å². The summed E-state index contributed by atoms with van der Waals surface area (Å²) in [5, 5.41) is 4.34. The number of carbonyl (C=O) groups is 1. The highest BCUT2D eigenvalue weighted by molar-refractivity contribution is 6.06. The van der Waals surface area contributed by atoms with Crippen LogP contribution >= 0.6 is 0 Å². The lowest BCUT2D eigenvalue weighted by molar-refractivity contribution is 0.0767. The Hall–Kier alpha value is -1.98. The van der Waals surface area contributed by atoms with Crippen LogP contribution in [-0.2, 0) is 0 Å². The normalized spacial score (nSPS) is 24.7. The molecule has 1 aromatic heterocycles. The first-order valence-electron chi connectivity index (χ1n) is 11.3. The van der Waals surface area contributed by atoms with Gasteiger partial charge in [0.1, 0.15) is 0 Å². The second-order valence-corrected chi connectivity index (χ2v) is 9.23. The van der Waals surface area contributed by atoms with E-state index in [0.717, 1.165) is 35.1 Å². The average molecular weight is 393 g/mol. The summed E-state index contributed by atoms with van der Waals surface area (Å²) in [6, 6.07) is 11.0. The van der Waals surface area contributed by atoms with Crippen molar-refractivity contribution in [2.75, 3.05) is 33.2 Å². The van der Waals surface area contributed by atoms with Crippen LogP contribution in [0, 0.1) is 0 Å². The van der Waals surface area contributed by atoms with E-state index in [-0.39, 0.29) is 11.9 Å². The molecule has 1 saturated carbocycles. The monoisotopic (exact) mass is 392 g/mol. The first-order chi connectivity index (χ1) is 14.2. The predicted molar refractivity (Wildman–Crippen MR) is 116 cm³/mol. The number of hydrogen-bond acceptors (Lipinski definition) is 4. The molecular formula is C24H32N4O. The van der Waals surface area contributed by atoms with Gasteiger partial charge in [0.2, 0.25) is 0 Å². The number of amides is 1. The molecule has 2 aromatic rings. The van der Waals surface area contributed by atoms with E-state index in [1.54, 1.807) is 0 Å². The van der Waals surface area contributed by atoms with Crippen LogP contribution in [0.15, 0.2) is 30.3 Å². The molecule has 1 amide bonds. The van der Waals surface area contributed by atoms with E-state index < -0.39 is 0 Å². The maximum absolute atomic E-state index is 13.3. The zero-order chi connectivity index (χ0) is 19.8. The Morgan fingerprint density at radius 1 is 1.07 bits per heavy atom. The Kier molecular flexibility index (Phi) is 5.27. The van der Waals surface area contributed by atoms with Crippen LogP contribution in [0.5, 0.6) is 0 Å². The Morgan fingerprint density at radius 3 is 2.66 bits per heavy atom. The number of aromatic nitrogens is 1. The van der Waals surface area contributed by atoms with Crippen molar-refractivity contribution in [3.05, 3.63) is 41.6 Å². The van der Waals surface area contributed by atoms with Gasteiger partial charge in [0.25, 0.3) is 5.91 Å². The van der Waals surface area contributed by atoms with Gasteiger partial charge >= 0.3 is 0 Å². The van der Waals surface area contributed by atoms with Crippen molar-refractivity contribution in [3.63, 3.8) is 0 Å². The maximum atomic E-state index is 13.3. The Morgan fingerprint density at radius 2 is 1.86 bits per heavy atom. The molecule has 1 aromatic carbocycles. The molecule has 3 heterocycles. The second kappa shape index (κ2) is 8.04. The van der Waals surface area contributed by atoms with Crippen molar-refractivity contribution >= 4 is 16.8 Å². The van der Waals surface area contributed by atoms with Crippen LogP contribution in [0.4, 0.5) is 0 Å². The van der Waals surface area contributed by atoms with E-state index in [1.807, 2.05) is 30.3 Å². The molecule has 5 rings (SSSR count). The molecule has 5 heteroatoms. The minimum Gasteiger partial charge on any atom is -0.348 e. The minimum absolute atomic E-state index is 0.0701. The van der Waals surface area contributed by atoms with Gasteiger partial charge in [0, 0.05) is 35.6 Å². The number of fused-ring (bicyclic) bond motifs is 1. The fourth-order valence-electron chi connectivity index (χ4n) is 5.05. The number of rotatable bonds is 4. The number of likely N-dealkylation sites (tertiary alicyclic amines) is 2. The van der Waals surface area contributed by atoms with Crippen LogP contribution in [-0.4, -0.2) is 66.0 Å². The number of nitrogens with one attached hydrogen (secondary N) is 1. The fourth-order valence-corrected chi connectivity index (χ4v) is 5.05. The van der Waals surface area contributed by atoms with Crippen molar-refractivity contribution in [2.24, 2.45) is 0 Å². The molecule has 0 spiro atoms. The van der Waals surface area contributed by atoms with Gasteiger partial charge in [-0.15, -0.1) is 0 Å². The molecule has 3 fully saturated rings. The van der Waals surface area contributed by atoms with Crippen LogP contribution in [0.1, 0.15) is 60.5 Å². The SMILES string of the molecule is CN1CCC(N2CCCC(NC(=O)c3cc(C4CC4)nc4ccccc34)C2)CC1. The average Bonchev–Trinajstić information content (AvgIpc) is 3.59. The van der Waals surface area contributed by atoms with Gasteiger partial charge in [-0.25, -0.2) is 0 Å². The summed E-state index contributed by atoms with van der Waals surface area (Å²) in [7, 11) is 2.21. The van der Waals surface area contributed by atoms with Gasteiger partial charge in [0.05, 0.1) is 11.1 Å². The Balaban J connectivity index is 1.31. The molecule has 0 bridgehead atoms. The summed E-state index contributed by atoms with van der Waals surface area (Å²) in [5.41, 5.74) is 2.83. The van der Waals surface area contributed by atoms with Gasteiger partial charge in [-0.1, -0.05) is 18.2 Å². The maximum Gasteiger partial charge on any atom is 0.252 e. The third-order valence-corrected chi connectivity index (χ3v) is 6.97. The molecule has 0 radical (unpaired) electrons. The highest BCUT2D eigenvalue weighted by atomic mass is 16.1. The van der Waals surface area contributed by atoms with Crippen molar-refractivity contribution in [2.45, 2.75) is 56.5 Å². The van der Waals surface area contributed by atoms with Crippen LogP contribution < -0.4 is 5.32 Å². The van der Waals surface area contributed by atoms with Gasteiger partial charge in [0.15, 0.2) is 0 Å². The zero-order valence-electron chi connectivity index (χ0n) is 17.4. The number of carbonyl (C=O) groups excluding carboxylic acids is 1. The largest absolute Gasteiger partial charge is 0.348 e. The van der Waals surface area contributed by atoms with E-state index in [9.17, 15) is 4.79 Å². The standard InChI is InChI=1S/C24H32N4O/c1-27-13-10-19(11-14-27)28-12-4-5-18(16-28)25-24(29)21-15-23(17-8-9-17)26-22-7-3-2-6-20(21)22/h2-3,6-7,15,17-19H,4-5,8-14,16H2,1H3,(H,25,29). The van der Waals surface area contributed by atoms with Crippen LogP contribution in [0.3, 0.4) is 0 Å². The Bertz CT molecular complexity index is 886. The summed E-state index contributed by atoms with van der Waals surface area (Å²) >= 11 is 0. The van der Waals surface area contributed by atoms with Crippen molar-refractivity contribution in [1.82, 2.24) is 20.1 Å². The highest BCUT2D eigenvalue weighted by Crippen LogP contribution is 2.40. The number of para-hydroxylation sites is 1. The second-order valence-electron chi connectivity index (χ2n) is 9.23. The zero-order valence-corrected chi connectivity index (χ0v) is 17.4. The van der Waals surface area contributed by atoms with Gasteiger partial charge in [-0.05, 0) is 77.3 Å². The van der Waals surface area contributed by atoms with Crippen molar-refractivity contribution in [1.29, 1.82) is 0 Å². The third kappa shape index (κ3) is 4.17. The summed E-state index contributed by atoms with van der Waals surface area (Å²) in [6.45, 7) is 4.53. The van der Waals surface area contributed by atoms with E-state index in [0.29, 0.717) is 12.0 Å². The smallest absolute Gasteiger partial charge is 0.252 e. The molecule has 154 valence electrons. The van der Waals surface area contributed by atoms with E-state index in [1.165, 1.54) is 51.7 Å². The molecule has 29 heavy (non-hydrogen) atoms. The number of piperidine rings is 2. The molecule has 1 N–H and O–H groups in total. The molecule has 1 aliphatic carbocycles. The van der Waals surface area contributed by atoms with E-state index >= 15 is 0 Å². The van der Waals surface area contributed by atoms with Gasteiger partial charge in [-0.2, -0.15) is 0 Å². The van der Waals surface area contributed by atoms with E-state index in [2.05, 4.69) is 22.2 Å². The quantitative estimate of drug-likeness (QED) is 0.866. The van der Waals surface area contributed by atoms with Crippen LogP contribution in [0.2, 0.25) is 0 Å². The molecule has 2 aliphatic heterocycles. The topological polar surface area (TPSA) is 48.5 Å². The minimum atomic E-state index is 0.0701. The molecule has 5 nitrogen and oxygen atoms in total. The lowest BCUT2D eigenvalue weighted by atomic mass is 9.97. The first kappa shape index (κ1) is 19.0. The summed E-state index contributed by atoms with van der Waals surface area (Å²) in [5.74, 6) is 0.612. The molecular weight excluding hydrogens is 360 g/mol. The number of pyridine rings is 1. The number of benzene rings is 1. The summed E-state index contributed by atoms with van der Waals surface area (Å²) in [4.78, 5) is 23.1. The van der Waals surface area contributed by atoms with Crippen molar-refractivity contribution < 1.29 is 4.79 Å². The summed E-state index contributed by atoms with van der Waals surface area (Å²) < 4.78 is 0. The van der Waals surface area contributed by atoms with Crippen molar-refractivity contribution in [3.8, 4) is 0 Å². The van der Waals surface area contributed by atoms with E-state index in [4.69, 9.17) is 4.98 Å². The number of nitrogens with zero attached hydrogens (tertiary/aromatic N) is 3. The summed E-state index contributed by atoms with van der Waals surface area (Å²) in [6.07, 6.45) is 7.13. The van der Waals surface area contributed by atoms with Gasteiger partial charge < -0.3 is 10.2 Å². The first-order valence-corrected chi connectivity index (χ1v) is 11.3. The molecule has 2 saturated heterocycles. The lowest BCUT2D eigenvalue weighted by Crippen LogP contribution is -2.53. The lowest BCUT2D eigenvalue weighted by Gasteiger charge is -2.41. The highest BCUT2D eigenvalue weighted by Gasteiger charge is 2.30. The number of hydrogen-bond donors (Lipinski definition) is 1. The predicted octanol–water partition coefficient (Wildman–Crippen LogP) is 3.40. The Labute approximate surface area is 173 Å². The fraction of sp³-hybridized carbons (Fsp3) is 0.583. The molecule has 1 unspecified atom stereocenters. The third-order valence-electron chi connectivity index (χ3n) is 6.97. The molecule has 3 aliphatic rings. The molecule has 1 atom stereocenters.